The number of aryl methyl sites for hydroxylation is 1. The number of fused-ring (bicyclic) bond motifs is 1. The lowest BCUT2D eigenvalue weighted by molar-refractivity contribution is 0.0982. The fourth-order valence-electron chi connectivity index (χ4n) is 3.48. The lowest BCUT2D eigenvalue weighted by Gasteiger charge is -2.27. The Morgan fingerprint density at radius 2 is 1.64 bits per heavy atom. The number of benzene rings is 2. The Bertz CT molecular complexity index is 731. The van der Waals surface area contributed by atoms with Crippen molar-refractivity contribution in [3.63, 3.8) is 0 Å². The van der Waals surface area contributed by atoms with Crippen molar-refractivity contribution in [1.29, 1.82) is 0 Å². The highest BCUT2D eigenvalue weighted by atomic mass is 16.1. The highest BCUT2D eigenvalue weighted by molar-refractivity contribution is 6.03. The van der Waals surface area contributed by atoms with Gasteiger partial charge in [0, 0.05) is 17.4 Å². The zero-order valence-electron chi connectivity index (χ0n) is 14.2. The van der Waals surface area contributed by atoms with Crippen molar-refractivity contribution < 1.29 is 4.79 Å². The van der Waals surface area contributed by atoms with Crippen LogP contribution in [0, 0.1) is 6.92 Å². The van der Waals surface area contributed by atoms with Gasteiger partial charge in [0.15, 0.2) is 5.78 Å². The Balaban J connectivity index is 2.08. The lowest BCUT2D eigenvalue weighted by atomic mass is 9.76. The van der Waals surface area contributed by atoms with E-state index in [0.29, 0.717) is 6.42 Å². The second-order valence-electron chi connectivity index (χ2n) is 7.81. The molecule has 0 spiro atoms. The largest absolute Gasteiger partial charge is 0.294 e. The van der Waals surface area contributed by atoms with Gasteiger partial charge in [-0.15, -0.1) is 0 Å². The van der Waals surface area contributed by atoms with E-state index in [1.54, 1.807) is 0 Å². The predicted octanol–water partition coefficient (Wildman–Crippen LogP) is 5.18. The van der Waals surface area contributed by atoms with Gasteiger partial charge < -0.3 is 0 Å². The summed E-state index contributed by atoms with van der Waals surface area (Å²) in [4.78, 5) is 12.4. The molecule has 22 heavy (non-hydrogen) atoms. The third-order valence-electron chi connectivity index (χ3n) is 4.97. The molecule has 1 aliphatic rings. The molecule has 114 valence electrons. The number of ketones is 1. The normalized spacial score (nSPS) is 21.0. The Morgan fingerprint density at radius 1 is 1.00 bits per heavy atom. The van der Waals surface area contributed by atoms with Gasteiger partial charge in [-0.3, -0.25) is 4.79 Å². The van der Waals surface area contributed by atoms with Crippen LogP contribution in [0.25, 0.3) is 0 Å². The van der Waals surface area contributed by atoms with E-state index < -0.39 is 0 Å². The van der Waals surface area contributed by atoms with Crippen LogP contribution >= 0.6 is 0 Å². The number of rotatable bonds is 1. The number of carbonyl (C=O) groups is 1. The van der Waals surface area contributed by atoms with E-state index in [2.05, 4.69) is 64.1 Å². The van der Waals surface area contributed by atoms with Gasteiger partial charge in [0.1, 0.15) is 0 Å². The predicted molar refractivity (Wildman–Crippen MR) is 91.7 cm³/mol. The SMILES string of the molecule is Cc1ccc2c(c1)C(=O)CC2(C)c1ccc(C(C)(C)C)cc1. The molecule has 0 aromatic heterocycles. The van der Waals surface area contributed by atoms with E-state index in [4.69, 9.17) is 0 Å². The summed E-state index contributed by atoms with van der Waals surface area (Å²) < 4.78 is 0. The Labute approximate surface area is 133 Å². The van der Waals surface area contributed by atoms with Crippen LogP contribution in [-0.4, -0.2) is 5.78 Å². The summed E-state index contributed by atoms with van der Waals surface area (Å²) in [6, 6.07) is 15.1. The topological polar surface area (TPSA) is 17.1 Å². The lowest BCUT2D eigenvalue weighted by Crippen LogP contribution is -2.21. The molecule has 0 radical (unpaired) electrons. The minimum atomic E-state index is -0.198. The molecular weight excluding hydrogens is 268 g/mol. The Kier molecular flexibility index (Phi) is 3.28. The first kappa shape index (κ1) is 15.0. The molecule has 0 heterocycles. The first-order chi connectivity index (χ1) is 10.2. The number of hydrogen-bond acceptors (Lipinski definition) is 1. The van der Waals surface area contributed by atoms with Gasteiger partial charge in [0.05, 0.1) is 0 Å². The minimum absolute atomic E-state index is 0.153. The molecule has 0 aliphatic heterocycles. The standard InChI is InChI=1S/C21H24O/c1-14-6-11-18-17(12-14)19(22)13-21(18,5)16-9-7-15(8-10-16)20(2,3)4/h6-12H,13H2,1-5H3. The fourth-order valence-corrected chi connectivity index (χ4v) is 3.48. The molecule has 2 aromatic rings. The number of hydrogen-bond donors (Lipinski definition) is 0. The summed E-state index contributed by atoms with van der Waals surface area (Å²) in [6.07, 6.45) is 0.570. The maximum atomic E-state index is 12.4. The molecule has 1 heteroatoms. The van der Waals surface area contributed by atoms with E-state index in [0.717, 1.165) is 11.1 Å². The smallest absolute Gasteiger partial charge is 0.164 e. The van der Waals surface area contributed by atoms with Gasteiger partial charge in [-0.25, -0.2) is 0 Å². The highest BCUT2D eigenvalue weighted by Gasteiger charge is 2.40. The zero-order chi connectivity index (χ0) is 16.1. The third-order valence-corrected chi connectivity index (χ3v) is 4.97. The molecule has 2 aromatic carbocycles. The molecule has 1 unspecified atom stereocenters. The van der Waals surface area contributed by atoms with Crippen LogP contribution in [0.4, 0.5) is 0 Å². The third kappa shape index (κ3) is 2.29. The average Bonchev–Trinajstić information content (AvgIpc) is 2.70. The summed E-state index contributed by atoms with van der Waals surface area (Å²) in [5.74, 6) is 0.265. The molecule has 0 fully saturated rings. The summed E-state index contributed by atoms with van der Waals surface area (Å²) in [5.41, 5.74) is 5.74. The van der Waals surface area contributed by atoms with Crippen molar-refractivity contribution in [2.24, 2.45) is 0 Å². The average molecular weight is 292 g/mol. The molecule has 1 aliphatic carbocycles. The van der Waals surface area contributed by atoms with E-state index >= 15 is 0 Å². The van der Waals surface area contributed by atoms with Gasteiger partial charge >= 0.3 is 0 Å². The van der Waals surface area contributed by atoms with Gasteiger partial charge in [-0.05, 0) is 35.1 Å². The van der Waals surface area contributed by atoms with Crippen LogP contribution in [0.15, 0.2) is 42.5 Å². The molecule has 1 atom stereocenters. The van der Waals surface area contributed by atoms with Crippen molar-refractivity contribution in [2.75, 3.05) is 0 Å². The van der Waals surface area contributed by atoms with Crippen molar-refractivity contribution in [3.05, 3.63) is 70.3 Å². The monoisotopic (exact) mass is 292 g/mol. The van der Waals surface area contributed by atoms with Crippen LogP contribution in [0.1, 0.15) is 66.7 Å². The molecule has 0 saturated heterocycles. The van der Waals surface area contributed by atoms with Crippen molar-refractivity contribution >= 4 is 5.78 Å². The molecule has 0 saturated carbocycles. The van der Waals surface area contributed by atoms with Crippen LogP contribution in [0.5, 0.6) is 0 Å². The summed E-state index contributed by atoms with van der Waals surface area (Å²) in [6.45, 7) is 10.9. The quantitative estimate of drug-likeness (QED) is 0.707. The molecule has 3 rings (SSSR count). The molecule has 1 nitrogen and oxygen atoms in total. The van der Waals surface area contributed by atoms with E-state index in [-0.39, 0.29) is 16.6 Å². The first-order valence-electron chi connectivity index (χ1n) is 7.97. The zero-order valence-corrected chi connectivity index (χ0v) is 14.2. The van der Waals surface area contributed by atoms with E-state index in [1.807, 2.05) is 13.0 Å². The van der Waals surface area contributed by atoms with Gasteiger partial charge in [0.2, 0.25) is 0 Å². The van der Waals surface area contributed by atoms with Crippen molar-refractivity contribution in [2.45, 2.75) is 51.9 Å². The van der Waals surface area contributed by atoms with Crippen molar-refractivity contribution in [3.8, 4) is 0 Å². The second-order valence-corrected chi connectivity index (χ2v) is 7.81. The van der Waals surface area contributed by atoms with Gasteiger partial charge in [-0.1, -0.05) is 69.7 Å². The van der Waals surface area contributed by atoms with Gasteiger partial charge in [0.25, 0.3) is 0 Å². The van der Waals surface area contributed by atoms with Crippen LogP contribution < -0.4 is 0 Å². The summed E-state index contributed by atoms with van der Waals surface area (Å²) in [5, 5.41) is 0. The van der Waals surface area contributed by atoms with E-state index in [1.165, 1.54) is 16.7 Å². The molecule has 0 amide bonds. The van der Waals surface area contributed by atoms with E-state index in [9.17, 15) is 4.79 Å². The molecule has 0 bridgehead atoms. The molecular formula is C21H24O. The highest BCUT2D eigenvalue weighted by Crippen LogP contribution is 2.44. The Hall–Kier alpha value is -1.89. The number of carbonyl (C=O) groups excluding carboxylic acids is 1. The summed E-state index contributed by atoms with van der Waals surface area (Å²) in [7, 11) is 0. The van der Waals surface area contributed by atoms with Crippen molar-refractivity contribution in [1.82, 2.24) is 0 Å². The fraction of sp³-hybridized carbons (Fsp3) is 0.381. The molecule has 0 N–H and O–H groups in total. The van der Waals surface area contributed by atoms with Crippen LogP contribution in [0.3, 0.4) is 0 Å². The maximum Gasteiger partial charge on any atom is 0.164 e. The minimum Gasteiger partial charge on any atom is -0.294 e. The Morgan fingerprint density at radius 3 is 2.23 bits per heavy atom. The summed E-state index contributed by atoms with van der Waals surface area (Å²) >= 11 is 0. The van der Waals surface area contributed by atoms with Crippen LogP contribution in [0.2, 0.25) is 0 Å². The maximum absolute atomic E-state index is 12.4. The first-order valence-corrected chi connectivity index (χ1v) is 7.97. The van der Waals surface area contributed by atoms with Gasteiger partial charge in [-0.2, -0.15) is 0 Å². The number of Topliss-reactive ketones (excluding diaryl/α,β-unsaturated/α-hetero) is 1. The second kappa shape index (κ2) is 4.81. The van der Waals surface area contributed by atoms with Crippen LogP contribution in [-0.2, 0) is 10.8 Å².